The summed E-state index contributed by atoms with van der Waals surface area (Å²) in [6, 6.07) is 0. The fourth-order valence-corrected chi connectivity index (χ4v) is 5.89. The third kappa shape index (κ3) is 46.7. The van der Waals surface area contributed by atoms with Crippen LogP contribution in [0.4, 0.5) is 0 Å². The molecule has 0 fully saturated rings. The molecule has 0 bridgehead atoms. The number of ether oxygens (including phenoxy) is 3. The number of rotatable bonds is 41. The van der Waals surface area contributed by atoms with Gasteiger partial charge in [-0.05, 0) is 116 Å². The van der Waals surface area contributed by atoms with E-state index in [2.05, 4.69) is 130 Å². The highest BCUT2D eigenvalue weighted by molar-refractivity contribution is 5.71. The Hall–Kier alpha value is -4.19. The van der Waals surface area contributed by atoms with Crippen LogP contribution in [0.25, 0.3) is 0 Å². The molecule has 0 amide bonds. The Kier molecular flexibility index (Phi) is 45.1. The van der Waals surface area contributed by atoms with E-state index in [-0.39, 0.29) is 44.0 Å². The van der Waals surface area contributed by atoms with Gasteiger partial charge < -0.3 is 14.2 Å². The quantitative estimate of drug-likeness (QED) is 0.0264. The lowest BCUT2D eigenvalue weighted by molar-refractivity contribution is -0.166. The van der Waals surface area contributed by atoms with Crippen molar-refractivity contribution in [1.29, 1.82) is 0 Å². The Labute approximate surface area is 373 Å². The van der Waals surface area contributed by atoms with E-state index in [1.54, 1.807) is 0 Å². The van der Waals surface area contributed by atoms with E-state index in [4.69, 9.17) is 14.2 Å². The lowest BCUT2D eigenvalue weighted by atomic mass is 10.1. The first-order valence-corrected chi connectivity index (χ1v) is 24.0. The lowest BCUT2D eigenvalue weighted by Crippen LogP contribution is -2.30. The van der Waals surface area contributed by atoms with E-state index in [1.165, 1.54) is 32.1 Å². The van der Waals surface area contributed by atoms with E-state index < -0.39 is 6.10 Å². The number of hydrogen-bond acceptors (Lipinski definition) is 6. The van der Waals surface area contributed by atoms with E-state index in [0.29, 0.717) is 19.3 Å². The highest BCUT2D eigenvalue weighted by Gasteiger charge is 2.19. The summed E-state index contributed by atoms with van der Waals surface area (Å²) in [7, 11) is 0. The molecule has 0 N–H and O–H groups in total. The van der Waals surface area contributed by atoms with Crippen molar-refractivity contribution < 1.29 is 28.6 Å². The highest BCUT2D eigenvalue weighted by atomic mass is 16.6. The van der Waals surface area contributed by atoms with E-state index in [9.17, 15) is 14.4 Å². The molecule has 0 aromatic carbocycles. The first-order chi connectivity index (χ1) is 30.0. The van der Waals surface area contributed by atoms with Crippen LogP contribution in [-0.2, 0) is 28.6 Å². The van der Waals surface area contributed by atoms with Gasteiger partial charge in [-0.25, -0.2) is 0 Å². The molecule has 0 spiro atoms. The summed E-state index contributed by atoms with van der Waals surface area (Å²) in [6.45, 7) is 6.24. The number of allylic oxidation sites excluding steroid dienone is 20. The Morgan fingerprint density at radius 2 is 0.672 bits per heavy atom. The smallest absolute Gasteiger partial charge is 0.306 e. The molecule has 342 valence electrons. The van der Waals surface area contributed by atoms with Gasteiger partial charge in [0, 0.05) is 19.3 Å². The molecular weight excluding hydrogens is 757 g/mol. The highest BCUT2D eigenvalue weighted by Crippen LogP contribution is 2.11. The fourth-order valence-electron chi connectivity index (χ4n) is 5.89. The second kappa shape index (κ2) is 48.5. The van der Waals surface area contributed by atoms with Gasteiger partial charge in [0.05, 0.1) is 0 Å². The standard InChI is InChI=1S/C55H86O6/c1-4-7-10-13-16-19-22-25-26-27-28-29-30-31-34-36-39-42-45-48-54(57)60-51-52(61-55(58)49-46-43-40-37-33-24-21-18-15-12-9-6-3)50-59-53(56)47-44-41-38-35-32-23-20-17-14-11-8-5-2/h7,9-10,12,16-21,25-26,28-29,31,33-34,37,39,42,52H,4-6,8,11,13-15,22-24,27,30,32,35-36,38,40-41,43-51H2,1-3H3/b10-7-,12-9-,19-16-,20-17-,21-18-,26-25-,29-28-,34-31-,37-33-,42-39-. The van der Waals surface area contributed by atoms with Crippen molar-refractivity contribution in [2.24, 2.45) is 0 Å². The van der Waals surface area contributed by atoms with Gasteiger partial charge in [-0.15, -0.1) is 0 Å². The molecule has 0 heterocycles. The monoisotopic (exact) mass is 843 g/mol. The molecule has 1 atom stereocenters. The van der Waals surface area contributed by atoms with Gasteiger partial charge in [-0.1, -0.05) is 174 Å². The summed E-state index contributed by atoms with van der Waals surface area (Å²) >= 11 is 0. The molecule has 0 saturated carbocycles. The summed E-state index contributed by atoms with van der Waals surface area (Å²) in [5.41, 5.74) is 0. The van der Waals surface area contributed by atoms with Crippen molar-refractivity contribution in [1.82, 2.24) is 0 Å². The summed E-state index contributed by atoms with van der Waals surface area (Å²) < 4.78 is 16.6. The van der Waals surface area contributed by atoms with Crippen molar-refractivity contribution >= 4 is 17.9 Å². The van der Waals surface area contributed by atoms with Gasteiger partial charge >= 0.3 is 17.9 Å². The predicted molar refractivity (Wildman–Crippen MR) is 260 cm³/mol. The summed E-state index contributed by atoms with van der Waals surface area (Å²) in [6.07, 6.45) is 66.3. The maximum atomic E-state index is 12.7. The molecule has 0 aliphatic rings. The SMILES string of the molecule is CC/C=C\C/C=C\C/C=C\C/C=C\C/C=C\C/C=C\CCC(=O)OCC(COC(=O)CCCCCCC/C=C\CCCCC)OC(=O)CCCC/C=C\C/C=C\C/C=C\CC. The van der Waals surface area contributed by atoms with Crippen LogP contribution < -0.4 is 0 Å². The van der Waals surface area contributed by atoms with E-state index >= 15 is 0 Å². The third-order valence-corrected chi connectivity index (χ3v) is 9.44. The van der Waals surface area contributed by atoms with Crippen molar-refractivity contribution in [2.45, 2.75) is 194 Å². The molecule has 0 rings (SSSR count). The third-order valence-electron chi connectivity index (χ3n) is 9.44. The molecule has 0 saturated heterocycles. The molecule has 0 aliphatic carbocycles. The molecule has 0 aromatic rings. The Morgan fingerprint density at radius 1 is 0.344 bits per heavy atom. The Morgan fingerprint density at radius 3 is 1.15 bits per heavy atom. The molecule has 1 unspecified atom stereocenters. The Bertz CT molecular complexity index is 1340. The summed E-state index contributed by atoms with van der Waals surface area (Å²) in [5, 5.41) is 0. The van der Waals surface area contributed by atoms with Gasteiger partial charge in [-0.2, -0.15) is 0 Å². The normalized spacial score (nSPS) is 13.2. The van der Waals surface area contributed by atoms with Crippen LogP contribution in [0.5, 0.6) is 0 Å². The van der Waals surface area contributed by atoms with Crippen LogP contribution in [0.15, 0.2) is 122 Å². The minimum atomic E-state index is -0.833. The second-order valence-electron chi connectivity index (χ2n) is 15.2. The number of unbranched alkanes of at least 4 members (excludes halogenated alkanes) is 10. The van der Waals surface area contributed by atoms with Crippen LogP contribution in [0.1, 0.15) is 188 Å². The van der Waals surface area contributed by atoms with Gasteiger partial charge in [0.1, 0.15) is 13.2 Å². The van der Waals surface area contributed by atoms with Crippen molar-refractivity contribution in [2.75, 3.05) is 13.2 Å². The maximum absolute atomic E-state index is 12.7. The largest absolute Gasteiger partial charge is 0.462 e. The zero-order valence-corrected chi connectivity index (χ0v) is 38.9. The minimum absolute atomic E-state index is 0.125. The van der Waals surface area contributed by atoms with Gasteiger partial charge in [0.15, 0.2) is 6.10 Å². The first kappa shape index (κ1) is 56.8. The number of esters is 3. The van der Waals surface area contributed by atoms with Crippen LogP contribution in [-0.4, -0.2) is 37.2 Å². The van der Waals surface area contributed by atoms with Crippen LogP contribution in [0.2, 0.25) is 0 Å². The minimum Gasteiger partial charge on any atom is -0.462 e. The molecule has 6 heteroatoms. The van der Waals surface area contributed by atoms with Crippen molar-refractivity contribution in [3.63, 3.8) is 0 Å². The molecule has 0 aliphatic heterocycles. The zero-order chi connectivity index (χ0) is 44.4. The van der Waals surface area contributed by atoms with Gasteiger partial charge in [-0.3, -0.25) is 14.4 Å². The van der Waals surface area contributed by atoms with Crippen LogP contribution in [0.3, 0.4) is 0 Å². The van der Waals surface area contributed by atoms with E-state index in [0.717, 1.165) is 103 Å². The van der Waals surface area contributed by atoms with Crippen LogP contribution in [0, 0.1) is 0 Å². The Balaban J connectivity index is 4.56. The predicted octanol–water partition coefficient (Wildman–Crippen LogP) is 15.7. The number of hydrogen-bond donors (Lipinski definition) is 0. The van der Waals surface area contributed by atoms with Gasteiger partial charge in [0.25, 0.3) is 0 Å². The first-order valence-electron chi connectivity index (χ1n) is 24.0. The number of carbonyl (C=O) groups is 3. The number of carbonyl (C=O) groups excluding carboxylic acids is 3. The van der Waals surface area contributed by atoms with Gasteiger partial charge in [0.2, 0.25) is 0 Å². The average molecular weight is 843 g/mol. The summed E-state index contributed by atoms with van der Waals surface area (Å²) in [5.74, 6) is -1.07. The lowest BCUT2D eigenvalue weighted by Gasteiger charge is -2.18. The van der Waals surface area contributed by atoms with Crippen molar-refractivity contribution in [3.05, 3.63) is 122 Å². The maximum Gasteiger partial charge on any atom is 0.306 e. The molecule has 0 radical (unpaired) electrons. The van der Waals surface area contributed by atoms with Crippen LogP contribution >= 0.6 is 0 Å². The molecule has 6 nitrogen and oxygen atoms in total. The average Bonchev–Trinajstić information content (AvgIpc) is 3.26. The van der Waals surface area contributed by atoms with E-state index in [1.807, 2.05) is 12.2 Å². The molecule has 0 aromatic heterocycles. The fraction of sp³-hybridized carbons (Fsp3) is 0.582. The summed E-state index contributed by atoms with van der Waals surface area (Å²) in [4.78, 5) is 37.8. The topological polar surface area (TPSA) is 78.9 Å². The second-order valence-corrected chi connectivity index (χ2v) is 15.2. The zero-order valence-electron chi connectivity index (χ0n) is 38.9. The van der Waals surface area contributed by atoms with Crippen molar-refractivity contribution in [3.8, 4) is 0 Å². The molecular formula is C55H86O6. The molecule has 61 heavy (non-hydrogen) atoms.